The number of halogens is 3. The standard InChI is InChI=1S/C11H6Cl2IN3O/c12-8-9(13)15-5-16-10(8)17-11(18)6-3-1-2-4-7(6)14/h1-5H,(H,15,16,17,18). The molecule has 0 aliphatic rings. The van der Waals surface area contributed by atoms with Gasteiger partial charge in [0.15, 0.2) is 11.0 Å². The molecule has 2 aromatic rings. The summed E-state index contributed by atoms with van der Waals surface area (Å²) in [7, 11) is 0. The minimum absolute atomic E-state index is 0.102. The van der Waals surface area contributed by atoms with Gasteiger partial charge in [-0.15, -0.1) is 0 Å². The van der Waals surface area contributed by atoms with Gasteiger partial charge in [-0.05, 0) is 34.7 Å². The number of anilines is 1. The van der Waals surface area contributed by atoms with Crippen LogP contribution in [0.15, 0.2) is 30.6 Å². The van der Waals surface area contributed by atoms with Crippen LogP contribution < -0.4 is 5.32 Å². The Labute approximate surface area is 127 Å². The first kappa shape index (κ1) is 13.5. The van der Waals surface area contributed by atoms with Gasteiger partial charge in [0.1, 0.15) is 11.3 Å². The number of hydrogen-bond donors (Lipinski definition) is 1. The summed E-state index contributed by atoms with van der Waals surface area (Å²) < 4.78 is 0.837. The number of benzene rings is 1. The second-order valence-corrected chi connectivity index (χ2v) is 5.16. The molecule has 0 bridgehead atoms. The van der Waals surface area contributed by atoms with Crippen molar-refractivity contribution in [1.29, 1.82) is 0 Å². The van der Waals surface area contributed by atoms with Gasteiger partial charge in [-0.3, -0.25) is 4.79 Å². The molecule has 1 N–H and O–H groups in total. The second-order valence-electron chi connectivity index (χ2n) is 3.26. The summed E-state index contributed by atoms with van der Waals surface area (Å²) in [5.74, 6) is -0.0991. The highest BCUT2D eigenvalue weighted by molar-refractivity contribution is 14.1. The Hall–Kier alpha value is -0.920. The molecule has 0 atom stereocenters. The summed E-state index contributed by atoms with van der Waals surface area (Å²) in [5.41, 5.74) is 0.545. The van der Waals surface area contributed by atoms with Gasteiger partial charge in [0.2, 0.25) is 0 Å². The molecule has 92 valence electrons. The summed E-state index contributed by atoms with van der Waals surface area (Å²) in [4.78, 5) is 19.6. The lowest BCUT2D eigenvalue weighted by Gasteiger charge is -2.07. The van der Waals surface area contributed by atoms with Gasteiger partial charge < -0.3 is 5.32 Å². The van der Waals surface area contributed by atoms with E-state index in [0.29, 0.717) is 5.56 Å². The number of carbonyl (C=O) groups is 1. The van der Waals surface area contributed by atoms with E-state index in [2.05, 4.69) is 37.9 Å². The highest BCUT2D eigenvalue weighted by Crippen LogP contribution is 2.26. The number of carbonyl (C=O) groups excluding carboxylic acids is 1. The number of aromatic nitrogens is 2. The lowest BCUT2D eigenvalue weighted by atomic mass is 10.2. The van der Waals surface area contributed by atoms with E-state index >= 15 is 0 Å². The third kappa shape index (κ3) is 2.90. The van der Waals surface area contributed by atoms with Crippen molar-refractivity contribution >= 4 is 57.5 Å². The second kappa shape index (κ2) is 5.81. The fraction of sp³-hybridized carbons (Fsp3) is 0. The van der Waals surface area contributed by atoms with Gasteiger partial charge in [-0.1, -0.05) is 35.3 Å². The first-order valence-corrected chi connectivity index (χ1v) is 6.65. The quantitative estimate of drug-likeness (QED) is 0.626. The van der Waals surface area contributed by atoms with Crippen LogP contribution in [0.5, 0.6) is 0 Å². The van der Waals surface area contributed by atoms with Crippen molar-refractivity contribution in [2.45, 2.75) is 0 Å². The van der Waals surface area contributed by atoms with Crippen LogP contribution in [-0.4, -0.2) is 15.9 Å². The Kier molecular flexibility index (Phi) is 4.36. The monoisotopic (exact) mass is 393 g/mol. The molecule has 0 fully saturated rings. The van der Waals surface area contributed by atoms with Crippen LogP contribution in [0.25, 0.3) is 0 Å². The molecular weight excluding hydrogens is 388 g/mol. The van der Waals surface area contributed by atoms with Crippen molar-refractivity contribution in [2.24, 2.45) is 0 Å². The first-order valence-electron chi connectivity index (χ1n) is 4.81. The zero-order valence-electron chi connectivity index (χ0n) is 8.82. The number of rotatable bonds is 2. The molecule has 0 unspecified atom stereocenters. The van der Waals surface area contributed by atoms with E-state index in [1.807, 2.05) is 12.1 Å². The van der Waals surface area contributed by atoms with Crippen molar-refractivity contribution in [3.05, 3.63) is 49.9 Å². The van der Waals surface area contributed by atoms with Gasteiger partial charge >= 0.3 is 0 Å². The van der Waals surface area contributed by atoms with Crippen LogP contribution in [-0.2, 0) is 0 Å². The maximum Gasteiger partial charge on any atom is 0.257 e. The molecule has 0 saturated heterocycles. The van der Waals surface area contributed by atoms with Crippen molar-refractivity contribution < 1.29 is 4.79 Å². The van der Waals surface area contributed by atoms with Gasteiger partial charge in [-0.25, -0.2) is 9.97 Å². The summed E-state index contributed by atoms with van der Waals surface area (Å²) in [6.07, 6.45) is 1.24. The molecule has 4 nitrogen and oxygen atoms in total. The van der Waals surface area contributed by atoms with Crippen LogP contribution in [0.1, 0.15) is 10.4 Å². The Morgan fingerprint density at radius 2 is 1.94 bits per heavy atom. The van der Waals surface area contributed by atoms with Crippen molar-refractivity contribution in [1.82, 2.24) is 9.97 Å². The predicted molar refractivity (Wildman–Crippen MR) is 79.2 cm³/mol. The van der Waals surface area contributed by atoms with Crippen LogP contribution >= 0.6 is 45.8 Å². The molecule has 1 aromatic carbocycles. The maximum absolute atomic E-state index is 12.0. The summed E-state index contributed by atoms with van der Waals surface area (Å²) in [6, 6.07) is 7.19. The average molecular weight is 394 g/mol. The molecule has 2 rings (SSSR count). The average Bonchev–Trinajstić information content (AvgIpc) is 2.35. The Morgan fingerprint density at radius 3 is 2.67 bits per heavy atom. The number of nitrogens with zero attached hydrogens (tertiary/aromatic N) is 2. The van der Waals surface area contributed by atoms with E-state index in [1.165, 1.54) is 6.33 Å². The SMILES string of the molecule is O=C(Nc1ncnc(Cl)c1Cl)c1ccccc1I. The van der Waals surface area contributed by atoms with Crippen molar-refractivity contribution in [3.8, 4) is 0 Å². The molecule has 0 radical (unpaired) electrons. The first-order chi connectivity index (χ1) is 8.59. The third-order valence-electron chi connectivity index (χ3n) is 2.10. The highest BCUT2D eigenvalue weighted by atomic mass is 127. The van der Waals surface area contributed by atoms with Gasteiger partial charge in [-0.2, -0.15) is 0 Å². The van der Waals surface area contributed by atoms with E-state index in [9.17, 15) is 4.79 Å². The fourth-order valence-corrected chi connectivity index (χ4v) is 2.17. The Balaban J connectivity index is 2.27. The highest BCUT2D eigenvalue weighted by Gasteiger charge is 2.13. The summed E-state index contributed by atoms with van der Waals surface area (Å²) in [6.45, 7) is 0. The van der Waals surface area contributed by atoms with Crippen LogP contribution in [0.2, 0.25) is 10.2 Å². The van der Waals surface area contributed by atoms with Crippen molar-refractivity contribution in [3.63, 3.8) is 0 Å². The lowest BCUT2D eigenvalue weighted by molar-refractivity contribution is 0.102. The number of amides is 1. The Bertz CT molecular complexity index is 607. The van der Waals surface area contributed by atoms with Crippen LogP contribution in [0.3, 0.4) is 0 Å². The van der Waals surface area contributed by atoms with E-state index < -0.39 is 0 Å². The molecule has 0 aliphatic carbocycles. The molecule has 7 heteroatoms. The molecule has 1 heterocycles. The van der Waals surface area contributed by atoms with E-state index in [4.69, 9.17) is 23.2 Å². The zero-order valence-corrected chi connectivity index (χ0v) is 12.5. The molecule has 0 aliphatic heterocycles. The van der Waals surface area contributed by atoms with Crippen molar-refractivity contribution in [2.75, 3.05) is 5.32 Å². The summed E-state index contributed by atoms with van der Waals surface area (Å²) >= 11 is 13.7. The van der Waals surface area contributed by atoms with Gasteiger partial charge in [0.05, 0.1) is 5.56 Å². The van der Waals surface area contributed by atoms with Crippen LogP contribution in [0, 0.1) is 3.57 Å². The van der Waals surface area contributed by atoms with E-state index in [-0.39, 0.29) is 21.9 Å². The largest absolute Gasteiger partial charge is 0.305 e. The molecule has 1 aromatic heterocycles. The van der Waals surface area contributed by atoms with Gasteiger partial charge in [0, 0.05) is 3.57 Å². The van der Waals surface area contributed by atoms with E-state index in [1.54, 1.807) is 12.1 Å². The minimum Gasteiger partial charge on any atom is -0.305 e. The Morgan fingerprint density at radius 1 is 1.22 bits per heavy atom. The third-order valence-corrected chi connectivity index (χ3v) is 3.78. The van der Waals surface area contributed by atoms with Gasteiger partial charge in [0.25, 0.3) is 5.91 Å². The maximum atomic E-state index is 12.0. The van der Waals surface area contributed by atoms with E-state index in [0.717, 1.165) is 3.57 Å². The fourth-order valence-electron chi connectivity index (χ4n) is 1.26. The molecule has 0 saturated carbocycles. The smallest absolute Gasteiger partial charge is 0.257 e. The topological polar surface area (TPSA) is 54.9 Å². The summed E-state index contributed by atoms with van der Waals surface area (Å²) in [5, 5.41) is 2.82. The minimum atomic E-state index is -0.295. The molecular formula is C11H6Cl2IN3O. The molecule has 0 spiro atoms. The number of hydrogen-bond acceptors (Lipinski definition) is 3. The molecule has 18 heavy (non-hydrogen) atoms. The normalized spacial score (nSPS) is 10.2. The number of nitrogens with one attached hydrogen (secondary N) is 1. The van der Waals surface area contributed by atoms with Crippen LogP contribution in [0.4, 0.5) is 5.82 Å². The molecule has 1 amide bonds. The predicted octanol–water partition coefficient (Wildman–Crippen LogP) is 3.64. The lowest BCUT2D eigenvalue weighted by Crippen LogP contribution is -2.14. The zero-order chi connectivity index (χ0) is 13.1.